The van der Waals surface area contributed by atoms with Gasteiger partial charge in [-0.05, 0) is 46.6 Å². The number of hydrogen-bond acceptors (Lipinski definition) is 1. The molecule has 4 heteroatoms. The van der Waals surface area contributed by atoms with Gasteiger partial charge in [0.15, 0.2) is 5.78 Å². The zero-order valence-electron chi connectivity index (χ0n) is 10.7. The zero-order valence-corrected chi connectivity index (χ0v) is 12.3. The van der Waals surface area contributed by atoms with E-state index < -0.39 is 5.82 Å². The number of H-pyrrole nitrogens is 1. The largest absolute Gasteiger partial charge is 0.360 e. The zero-order chi connectivity index (χ0) is 14.3. The van der Waals surface area contributed by atoms with Crippen molar-refractivity contribution >= 4 is 32.6 Å². The fraction of sp³-hybridized carbons (Fsp3) is 0.0625. The molecule has 100 valence electrons. The number of aromatic amines is 1. The lowest BCUT2D eigenvalue weighted by Crippen LogP contribution is -2.04. The third-order valence-corrected chi connectivity index (χ3v) is 3.97. The van der Waals surface area contributed by atoms with Crippen molar-refractivity contribution in [3.05, 3.63) is 69.6 Å². The molecule has 0 aliphatic heterocycles. The Morgan fingerprint density at radius 3 is 2.70 bits per heavy atom. The lowest BCUT2D eigenvalue weighted by Gasteiger charge is -2.04. The first kappa shape index (κ1) is 13.1. The predicted octanol–water partition coefficient (Wildman–Crippen LogP) is 4.61. The summed E-state index contributed by atoms with van der Waals surface area (Å²) in [6.45, 7) is 1.93. The molecule has 3 rings (SSSR count). The van der Waals surface area contributed by atoms with E-state index in [1.54, 1.807) is 18.3 Å². The molecule has 1 heterocycles. The van der Waals surface area contributed by atoms with Gasteiger partial charge in [0.25, 0.3) is 0 Å². The van der Waals surface area contributed by atoms with E-state index in [1.807, 2.05) is 25.1 Å². The van der Waals surface area contributed by atoms with Crippen molar-refractivity contribution in [1.82, 2.24) is 4.98 Å². The standard InChI is InChI=1S/C16H11BrFNO/c1-9-4-2-7-13-14(9)11(8-19-13)16(20)10-5-3-6-12(17)15(10)18/h2-8,19H,1H3. The highest BCUT2D eigenvalue weighted by atomic mass is 79.9. The summed E-state index contributed by atoms with van der Waals surface area (Å²) in [4.78, 5) is 15.6. The molecule has 0 bridgehead atoms. The summed E-state index contributed by atoms with van der Waals surface area (Å²) in [5, 5.41) is 0.844. The second-order valence-corrected chi connectivity index (χ2v) is 5.48. The van der Waals surface area contributed by atoms with Crippen molar-refractivity contribution in [3.8, 4) is 0 Å². The average Bonchev–Trinajstić information content (AvgIpc) is 2.86. The molecule has 0 amide bonds. The van der Waals surface area contributed by atoms with Crippen molar-refractivity contribution in [2.75, 3.05) is 0 Å². The average molecular weight is 332 g/mol. The topological polar surface area (TPSA) is 32.9 Å². The Morgan fingerprint density at radius 2 is 1.90 bits per heavy atom. The fourth-order valence-corrected chi connectivity index (χ4v) is 2.74. The molecule has 0 saturated heterocycles. The molecule has 20 heavy (non-hydrogen) atoms. The van der Waals surface area contributed by atoms with Gasteiger partial charge in [0.2, 0.25) is 0 Å². The van der Waals surface area contributed by atoms with Gasteiger partial charge in [0.1, 0.15) is 5.82 Å². The first-order valence-corrected chi connectivity index (χ1v) is 6.94. The molecule has 0 atom stereocenters. The number of carbonyl (C=O) groups is 1. The molecule has 0 aliphatic rings. The number of fused-ring (bicyclic) bond motifs is 1. The number of hydrogen-bond donors (Lipinski definition) is 1. The van der Waals surface area contributed by atoms with Gasteiger partial charge in [-0.2, -0.15) is 0 Å². The summed E-state index contributed by atoms with van der Waals surface area (Å²) >= 11 is 3.11. The summed E-state index contributed by atoms with van der Waals surface area (Å²) in [6, 6.07) is 10.5. The van der Waals surface area contributed by atoms with Crippen LogP contribution < -0.4 is 0 Å². The Bertz CT molecular complexity index is 822. The number of carbonyl (C=O) groups excluding carboxylic acids is 1. The molecule has 2 aromatic carbocycles. The van der Waals surface area contributed by atoms with Crippen LogP contribution in [-0.4, -0.2) is 10.8 Å². The van der Waals surface area contributed by atoms with Crippen molar-refractivity contribution in [3.63, 3.8) is 0 Å². The highest BCUT2D eigenvalue weighted by Gasteiger charge is 2.19. The second-order valence-electron chi connectivity index (χ2n) is 4.63. The summed E-state index contributed by atoms with van der Waals surface area (Å²) in [6.07, 6.45) is 1.64. The number of ketones is 1. The minimum Gasteiger partial charge on any atom is -0.360 e. The summed E-state index contributed by atoms with van der Waals surface area (Å²) in [5.74, 6) is -0.843. The molecular weight excluding hydrogens is 321 g/mol. The Hall–Kier alpha value is -1.94. The Labute approximate surface area is 123 Å². The van der Waals surface area contributed by atoms with Crippen molar-refractivity contribution in [1.29, 1.82) is 0 Å². The maximum absolute atomic E-state index is 14.1. The van der Waals surface area contributed by atoms with Crippen LogP contribution in [-0.2, 0) is 0 Å². The monoisotopic (exact) mass is 331 g/mol. The first-order valence-electron chi connectivity index (χ1n) is 6.15. The normalized spacial score (nSPS) is 10.9. The molecule has 2 nitrogen and oxygen atoms in total. The fourth-order valence-electron chi connectivity index (χ4n) is 2.37. The molecule has 1 aromatic heterocycles. The molecule has 0 aliphatic carbocycles. The second kappa shape index (κ2) is 4.87. The summed E-state index contributed by atoms with van der Waals surface area (Å²) < 4.78 is 14.4. The smallest absolute Gasteiger partial charge is 0.198 e. The maximum atomic E-state index is 14.1. The van der Waals surface area contributed by atoms with Gasteiger partial charge < -0.3 is 4.98 Å². The number of rotatable bonds is 2. The van der Waals surface area contributed by atoms with Gasteiger partial charge in [0, 0.05) is 22.7 Å². The molecule has 0 saturated carbocycles. The minimum absolute atomic E-state index is 0.0727. The Morgan fingerprint density at radius 1 is 1.15 bits per heavy atom. The Balaban J connectivity index is 2.21. The van der Waals surface area contributed by atoms with Crippen molar-refractivity contribution < 1.29 is 9.18 Å². The third kappa shape index (κ3) is 1.96. The van der Waals surface area contributed by atoms with E-state index in [1.165, 1.54) is 6.07 Å². The number of nitrogens with one attached hydrogen (secondary N) is 1. The number of benzene rings is 2. The van der Waals surface area contributed by atoms with Crippen LogP contribution in [0, 0.1) is 12.7 Å². The summed E-state index contributed by atoms with van der Waals surface area (Å²) in [5.41, 5.74) is 2.44. The maximum Gasteiger partial charge on any atom is 0.198 e. The lowest BCUT2D eigenvalue weighted by atomic mass is 10.00. The Kier molecular flexibility index (Phi) is 3.18. The SMILES string of the molecule is Cc1cccc2[nH]cc(C(=O)c3cccc(Br)c3F)c12. The number of halogens is 2. The van der Waals surface area contributed by atoms with Gasteiger partial charge >= 0.3 is 0 Å². The van der Waals surface area contributed by atoms with Gasteiger partial charge in [-0.15, -0.1) is 0 Å². The van der Waals surface area contributed by atoms with Crippen LogP contribution in [0.2, 0.25) is 0 Å². The molecular formula is C16H11BrFNO. The third-order valence-electron chi connectivity index (χ3n) is 3.35. The minimum atomic E-state index is -0.527. The van der Waals surface area contributed by atoms with Gasteiger partial charge in [0.05, 0.1) is 10.0 Å². The van der Waals surface area contributed by atoms with Crippen LogP contribution >= 0.6 is 15.9 Å². The van der Waals surface area contributed by atoms with Crippen LogP contribution in [0.15, 0.2) is 47.1 Å². The van der Waals surface area contributed by atoms with Crippen LogP contribution in [0.1, 0.15) is 21.5 Å². The molecule has 0 radical (unpaired) electrons. The van der Waals surface area contributed by atoms with E-state index in [0.717, 1.165) is 16.5 Å². The molecule has 0 fully saturated rings. The van der Waals surface area contributed by atoms with Gasteiger partial charge in [-0.25, -0.2) is 4.39 Å². The molecule has 0 spiro atoms. The van der Waals surface area contributed by atoms with Crippen LogP contribution in [0.4, 0.5) is 4.39 Å². The van der Waals surface area contributed by atoms with E-state index in [-0.39, 0.29) is 11.3 Å². The van der Waals surface area contributed by atoms with Crippen LogP contribution in [0.3, 0.4) is 0 Å². The van der Waals surface area contributed by atoms with E-state index in [4.69, 9.17) is 0 Å². The summed E-state index contributed by atoms with van der Waals surface area (Å²) in [7, 11) is 0. The van der Waals surface area contributed by atoms with E-state index in [9.17, 15) is 9.18 Å². The molecule has 3 aromatic rings. The van der Waals surface area contributed by atoms with E-state index in [2.05, 4.69) is 20.9 Å². The number of aromatic nitrogens is 1. The lowest BCUT2D eigenvalue weighted by molar-refractivity contribution is 0.103. The van der Waals surface area contributed by atoms with Gasteiger partial charge in [-0.1, -0.05) is 18.2 Å². The highest BCUT2D eigenvalue weighted by molar-refractivity contribution is 9.10. The van der Waals surface area contributed by atoms with Crippen LogP contribution in [0.25, 0.3) is 10.9 Å². The van der Waals surface area contributed by atoms with Gasteiger partial charge in [-0.3, -0.25) is 4.79 Å². The highest BCUT2D eigenvalue weighted by Crippen LogP contribution is 2.27. The van der Waals surface area contributed by atoms with Crippen molar-refractivity contribution in [2.45, 2.75) is 6.92 Å². The first-order chi connectivity index (χ1) is 9.59. The van der Waals surface area contributed by atoms with Crippen molar-refractivity contribution in [2.24, 2.45) is 0 Å². The van der Waals surface area contributed by atoms with E-state index in [0.29, 0.717) is 10.0 Å². The predicted molar refractivity (Wildman–Crippen MR) is 80.6 cm³/mol. The molecule has 1 N–H and O–H groups in total. The van der Waals surface area contributed by atoms with E-state index >= 15 is 0 Å². The van der Waals surface area contributed by atoms with Crippen LogP contribution in [0.5, 0.6) is 0 Å². The molecule has 0 unspecified atom stereocenters. The quantitative estimate of drug-likeness (QED) is 0.683. The number of aryl methyl sites for hydroxylation is 1.